The van der Waals surface area contributed by atoms with E-state index >= 15 is 0 Å². The number of benzene rings is 1. The standard InChI is InChI=1S/C20H31N3O4S/c1-4-28(25,26)22-16-7-5-15(6-8-16)12-21-17-9-10-18-19(11-17)27-20(24)23(18)13-14(2)3/h9-11,14-16,21-22H,4-8,12-13H2,1-3H3. The molecular weight excluding hydrogens is 378 g/mol. The molecule has 1 aliphatic carbocycles. The first-order chi connectivity index (χ1) is 13.3. The second kappa shape index (κ2) is 8.69. The molecule has 0 bridgehead atoms. The Bertz CT molecular complexity index is 953. The van der Waals surface area contributed by atoms with E-state index in [1.807, 2.05) is 18.2 Å². The van der Waals surface area contributed by atoms with Crippen LogP contribution in [0.1, 0.15) is 46.5 Å². The van der Waals surface area contributed by atoms with Crippen LogP contribution in [0.5, 0.6) is 0 Å². The largest absolute Gasteiger partial charge is 0.419 e. The summed E-state index contributed by atoms with van der Waals surface area (Å²) < 4.78 is 33.3. The summed E-state index contributed by atoms with van der Waals surface area (Å²) in [5.74, 6) is 0.698. The van der Waals surface area contributed by atoms with Gasteiger partial charge in [0.2, 0.25) is 10.0 Å². The minimum atomic E-state index is -3.13. The molecule has 1 aromatic carbocycles. The van der Waals surface area contributed by atoms with Crippen LogP contribution in [-0.4, -0.2) is 31.3 Å². The van der Waals surface area contributed by atoms with Gasteiger partial charge >= 0.3 is 5.76 Å². The zero-order chi connectivity index (χ0) is 20.3. The van der Waals surface area contributed by atoms with E-state index in [0.717, 1.165) is 43.4 Å². The fraction of sp³-hybridized carbons (Fsp3) is 0.650. The van der Waals surface area contributed by atoms with Crippen LogP contribution in [0.25, 0.3) is 11.1 Å². The molecule has 0 atom stereocenters. The minimum Gasteiger partial charge on any atom is -0.408 e. The van der Waals surface area contributed by atoms with Crippen LogP contribution >= 0.6 is 0 Å². The Kier molecular flexibility index (Phi) is 6.50. The van der Waals surface area contributed by atoms with Gasteiger partial charge in [-0.3, -0.25) is 4.57 Å². The average Bonchev–Trinajstić information content (AvgIpc) is 2.95. The molecule has 1 aliphatic rings. The first-order valence-corrected chi connectivity index (χ1v) is 11.8. The Morgan fingerprint density at radius 2 is 1.93 bits per heavy atom. The number of nitrogens with zero attached hydrogens (tertiary/aromatic N) is 1. The maximum atomic E-state index is 12.1. The zero-order valence-corrected chi connectivity index (χ0v) is 17.7. The van der Waals surface area contributed by atoms with Crippen molar-refractivity contribution in [2.45, 2.75) is 59.0 Å². The van der Waals surface area contributed by atoms with E-state index in [1.165, 1.54) is 0 Å². The molecule has 0 saturated heterocycles. The van der Waals surface area contributed by atoms with Crippen molar-refractivity contribution in [3.8, 4) is 0 Å². The number of hydrogen-bond donors (Lipinski definition) is 2. The molecular formula is C20H31N3O4S. The fourth-order valence-corrected chi connectivity index (χ4v) is 4.71. The second-order valence-electron chi connectivity index (χ2n) is 8.17. The summed E-state index contributed by atoms with van der Waals surface area (Å²) in [7, 11) is -3.13. The number of hydrogen-bond acceptors (Lipinski definition) is 5. The minimum absolute atomic E-state index is 0.0625. The van der Waals surface area contributed by atoms with Crippen LogP contribution in [0, 0.1) is 11.8 Å². The van der Waals surface area contributed by atoms with Gasteiger partial charge in [-0.05, 0) is 56.6 Å². The van der Waals surface area contributed by atoms with Crippen molar-refractivity contribution in [2.75, 3.05) is 17.6 Å². The number of rotatable bonds is 8. The Balaban J connectivity index is 1.56. The van der Waals surface area contributed by atoms with E-state index < -0.39 is 10.0 Å². The highest BCUT2D eigenvalue weighted by Gasteiger charge is 2.24. The molecule has 2 aromatic rings. The van der Waals surface area contributed by atoms with Gasteiger partial charge in [-0.15, -0.1) is 0 Å². The van der Waals surface area contributed by atoms with Gasteiger partial charge in [0.1, 0.15) is 0 Å². The summed E-state index contributed by atoms with van der Waals surface area (Å²) in [6, 6.07) is 5.86. The van der Waals surface area contributed by atoms with Gasteiger partial charge < -0.3 is 9.73 Å². The van der Waals surface area contributed by atoms with E-state index in [-0.39, 0.29) is 17.6 Å². The highest BCUT2D eigenvalue weighted by molar-refractivity contribution is 7.89. The third-order valence-electron chi connectivity index (χ3n) is 5.38. The van der Waals surface area contributed by atoms with Gasteiger partial charge in [-0.25, -0.2) is 17.9 Å². The van der Waals surface area contributed by atoms with Gasteiger partial charge in [0.05, 0.1) is 11.3 Å². The molecule has 1 aromatic heterocycles. The third kappa shape index (κ3) is 5.17. The molecule has 0 aliphatic heterocycles. The SMILES string of the molecule is CCS(=O)(=O)NC1CCC(CNc2ccc3c(c2)oc(=O)n3CC(C)C)CC1. The molecule has 1 saturated carbocycles. The summed E-state index contributed by atoms with van der Waals surface area (Å²) in [4.78, 5) is 12.1. The van der Waals surface area contributed by atoms with Crippen molar-refractivity contribution in [1.29, 1.82) is 0 Å². The highest BCUT2D eigenvalue weighted by atomic mass is 32.2. The fourth-order valence-electron chi connectivity index (χ4n) is 3.80. The van der Waals surface area contributed by atoms with E-state index in [1.54, 1.807) is 11.5 Å². The lowest BCUT2D eigenvalue weighted by Crippen LogP contribution is -2.39. The van der Waals surface area contributed by atoms with Crippen molar-refractivity contribution in [3.05, 3.63) is 28.7 Å². The molecule has 1 heterocycles. The van der Waals surface area contributed by atoms with Crippen molar-refractivity contribution in [1.82, 2.24) is 9.29 Å². The summed E-state index contributed by atoms with van der Waals surface area (Å²) in [6.45, 7) is 7.28. The van der Waals surface area contributed by atoms with Crippen molar-refractivity contribution in [3.63, 3.8) is 0 Å². The monoisotopic (exact) mass is 409 g/mol. The number of aromatic nitrogens is 1. The number of fused-ring (bicyclic) bond motifs is 1. The van der Waals surface area contributed by atoms with Crippen LogP contribution in [0.15, 0.2) is 27.4 Å². The van der Waals surface area contributed by atoms with Crippen molar-refractivity contribution < 1.29 is 12.8 Å². The molecule has 0 spiro atoms. The normalized spacial score (nSPS) is 20.7. The molecule has 156 valence electrons. The first kappa shape index (κ1) is 20.9. The molecule has 7 nitrogen and oxygen atoms in total. The van der Waals surface area contributed by atoms with E-state index in [0.29, 0.717) is 24.0 Å². The number of anilines is 1. The van der Waals surface area contributed by atoms with E-state index in [4.69, 9.17) is 4.42 Å². The Morgan fingerprint density at radius 1 is 1.21 bits per heavy atom. The third-order valence-corrected chi connectivity index (χ3v) is 6.84. The number of nitrogens with one attached hydrogen (secondary N) is 2. The molecule has 28 heavy (non-hydrogen) atoms. The number of oxazole rings is 1. The predicted octanol–water partition coefficient (Wildman–Crippen LogP) is 3.16. The molecule has 3 rings (SSSR count). The van der Waals surface area contributed by atoms with Gasteiger partial charge in [0.25, 0.3) is 0 Å². The van der Waals surface area contributed by atoms with Crippen molar-refractivity contribution in [2.24, 2.45) is 11.8 Å². The molecule has 0 unspecified atom stereocenters. The lowest BCUT2D eigenvalue weighted by Gasteiger charge is -2.29. The summed E-state index contributed by atoms with van der Waals surface area (Å²) in [6.07, 6.45) is 3.73. The summed E-state index contributed by atoms with van der Waals surface area (Å²) >= 11 is 0. The average molecular weight is 410 g/mol. The van der Waals surface area contributed by atoms with Gasteiger partial charge in [0.15, 0.2) is 5.58 Å². The van der Waals surface area contributed by atoms with Crippen LogP contribution in [-0.2, 0) is 16.6 Å². The van der Waals surface area contributed by atoms with Gasteiger partial charge in [0, 0.05) is 30.9 Å². The lowest BCUT2D eigenvalue weighted by atomic mass is 9.86. The van der Waals surface area contributed by atoms with Gasteiger partial charge in [-0.2, -0.15) is 0 Å². The Labute approximate surface area is 166 Å². The molecule has 0 amide bonds. The summed E-state index contributed by atoms with van der Waals surface area (Å²) in [5, 5.41) is 3.44. The second-order valence-corrected chi connectivity index (χ2v) is 10.2. The van der Waals surface area contributed by atoms with Crippen LogP contribution in [0.4, 0.5) is 5.69 Å². The van der Waals surface area contributed by atoms with Gasteiger partial charge in [-0.1, -0.05) is 13.8 Å². The van der Waals surface area contributed by atoms with Crippen LogP contribution in [0.2, 0.25) is 0 Å². The van der Waals surface area contributed by atoms with E-state index in [2.05, 4.69) is 23.9 Å². The highest BCUT2D eigenvalue weighted by Crippen LogP contribution is 2.26. The molecule has 2 N–H and O–H groups in total. The lowest BCUT2D eigenvalue weighted by molar-refractivity contribution is 0.324. The maximum Gasteiger partial charge on any atom is 0.419 e. The molecule has 0 radical (unpaired) electrons. The molecule has 8 heteroatoms. The Morgan fingerprint density at radius 3 is 2.57 bits per heavy atom. The first-order valence-electron chi connectivity index (χ1n) is 10.1. The maximum absolute atomic E-state index is 12.1. The number of sulfonamides is 1. The zero-order valence-electron chi connectivity index (χ0n) is 16.9. The van der Waals surface area contributed by atoms with Crippen molar-refractivity contribution >= 4 is 26.8 Å². The van der Waals surface area contributed by atoms with E-state index in [9.17, 15) is 13.2 Å². The summed E-state index contributed by atoms with van der Waals surface area (Å²) in [5.41, 5.74) is 2.37. The molecule has 1 fully saturated rings. The predicted molar refractivity (Wildman–Crippen MR) is 112 cm³/mol. The smallest absolute Gasteiger partial charge is 0.408 e. The topological polar surface area (TPSA) is 93.3 Å². The quantitative estimate of drug-likeness (QED) is 0.698. The van der Waals surface area contributed by atoms with Crippen LogP contribution < -0.4 is 15.8 Å². The Hall–Kier alpha value is -1.80. The van der Waals surface area contributed by atoms with Crippen LogP contribution in [0.3, 0.4) is 0 Å².